The van der Waals surface area contributed by atoms with E-state index in [1.54, 1.807) is 72.6 Å². The molecule has 664 valence electrons. The number of methoxy groups -OCH3 is 1. The number of ether oxygens (including phenoxy) is 4. The third-order valence-corrected chi connectivity index (χ3v) is 23.5. The van der Waals surface area contributed by atoms with Gasteiger partial charge in [0.25, 0.3) is 0 Å². The van der Waals surface area contributed by atoms with Crippen LogP contribution >= 0.6 is 0 Å². The highest BCUT2D eigenvalue weighted by atomic mass is 19.1. The molecule has 4 aromatic carbocycles. The molecule has 1 aromatic heterocycles. The van der Waals surface area contributed by atoms with Gasteiger partial charge in [-0.05, 0) is 135 Å². The van der Waals surface area contributed by atoms with Crippen molar-refractivity contribution in [2.45, 2.75) is 203 Å². The lowest BCUT2D eigenvalue weighted by molar-refractivity contribution is -0.870. The van der Waals surface area contributed by atoms with E-state index in [2.05, 4.69) is 42.5 Å². The number of aliphatic hydroxyl groups excluding tert-OH is 1. The summed E-state index contributed by atoms with van der Waals surface area (Å²) in [4.78, 5) is 186. The quantitative estimate of drug-likeness (QED) is 0.0398. The Balaban J connectivity index is 1.08. The number of carbonyl (C=O) groups excluding carboxylic acids is 12. The van der Waals surface area contributed by atoms with Crippen molar-refractivity contribution in [3.63, 3.8) is 0 Å². The molecule has 9 N–H and O–H groups in total. The van der Waals surface area contributed by atoms with Gasteiger partial charge in [0, 0.05) is 120 Å². The fourth-order valence-electron chi connectivity index (χ4n) is 16.4. The number of hydrogen-bond acceptors (Lipinski definition) is 17. The summed E-state index contributed by atoms with van der Waals surface area (Å²) in [5, 5.41) is 34.9. The van der Waals surface area contributed by atoms with E-state index >= 15 is 38.0 Å². The number of amides is 11. The van der Waals surface area contributed by atoms with E-state index in [4.69, 9.17) is 18.9 Å². The molecule has 6 aliphatic heterocycles. The molecule has 6 aliphatic rings. The summed E-state index contributed by atoms with van der Waals surface area (Å²) < 4.78 is 42.5. The SMILES string of the molecule is COc1ccc(C[C@@H]2NC(=O)[C@H]([C@@H](C)O)NC(=O)[C@@H]3[C@@H]4CCN3C(=O)[C@@H]3Cc5cn(c6ccc(F)cc56)CCCCCCN(Cc5ccc(cc5)CCNC(=O)[C@]5(C)CCCN5C2=O)C(=O)CCC(=O)C[C@@H](CCCC[N+](C)(C)C)C(=O)N[C@H](CNC(=O)CCOCCOCC[N+](C)(C)C)C(=O)N[C@@H](Cc2cccc(c2)CNC(=O)CO4)C(=O)N3)cc1. The summed E-state index contributed by atoms with van der Waals surface area (Å²) in [5.41, 5.74) is 2.76. The van der Waals surface area contributed by atoms with E-state index in [9.17, 15) is 29.1 Å². The predicted molar refractivity (Wildman–Crippen MR) is 453 cm³/mol. The van der Waals surface area contributed by atoms with Gasteiger partial charge < -0.3 is 94.8 Å². The Bertz CT molecular complexity index is 4470. The number of aliphatic hydroxyl groups is 1. The molecule has 0 unspecified atom stereocenters. The van der Waals surface area contributed by atoms with E-state index in [1.807, 2.05) is 71.1 Å². The Morgan fingerprint density at radius 1 is 0.656 bits per heavy atom. The Morgan fingerprint density at radius 3 is 2.09 bits per heavy atom. The topological polar surface area (TPSA) is 373 Å². The maximum atomic E-state index is 16.4. The van der Waals surface area contributed by atoms with Gasteiger partial charge in [-0.1, -0.05) is 73.5 Å². The zero-order chi connectivity index (χ0) is 87.8. The first-order chi connectivity index (χ1) is 58.2. The molecule has 11 rings (SSSR count). The third kappa shape index (κ3) is 27.4. The molecule has 0 spiro atoms. The van der Waals surface area contributed by atoms with E-state index in [-0.39, 0.29) is 128 Å². The second-order valence-corrected chi connectivity index (χ2v) is 35.3. The van der Waals surface area contributed by atoms with Crippen molar-refractivity contribution in [3.8, 4) is 5.75 Å². The van der Waals surface area contributed by atoms with Gasteiger partial charge in [-0.3, -0.25) is 57.5 Å². The number of rotatable bonds is 20. The summed E-state index contributed by atoms with van der Waals surface area (Å²) in [6.07, 6.45) is 1.82. The molecule has 122 heavy (non-hydrogen) atoms. The Morgan fingerprint density at radius 2 is 1.36 bits per heavy atom. The highest BCUT2D eigenvalue weighted by Crippen LogP contribution is 2.33. The maximum absolute atomic E-state index is 16.4. The molecular weight excluding hydrogens is 1570 g/mol. The van der Waals surface area contributed by atoms with Crippen LogP contribution in [0.25, 0.3) is 10.9 Å². The van der Waals surface area contributed by atoms with Crippen LogP contribution in [0.4, 0.5) is 4.39 Å². The third-order valence-electron chi connectivity index (χ3n) is 23.5. The van der Waals surface area contributed by atoms with Gasteiger partial charge in [-0.25, -0.2) is 4.39 Å². The minimum atomic E-state index is -1.86. The minimum absolute atomic E-state index is 0.0349. The first kappa shape index (κ1) is 94.0. The molecule has 2 saturated heterocycles. The molecule has 0 aliphatic carbocycles. The van der Waals surface area contributed by atoms with Crippen molar-refractivity contribution < 1.29 is 94.9 Å². The van der Waals surface area contributed by atoms with E-state index < -0.39 is 138 Å². The number of ketones is 1. The number of carbonyl (C=O) groups is 12. The van der Waals surface area contributed by atoms with Crippen LogP contribution in [0.5, 0.6) is 5.75 Å². The number of Topliss-reactive ketones (excluding diaryl/α,β-unsaturated/α-hetero) is 1. The van der Waals surface area contributed by atoms with Crippen LogP contribution in [-0.2, 0) is 117 Å². The lowest BCUT2D eigenvalue weighted by Crippen LogP contribution is -2.64. The lowest BCUT2D eigenvalue weighted by Gasteiger charge is -2.37. The van der Waals surface area contributed by atoms with E-state index in [0.29, 0.717) is 119 Å². The molecule has 31 nitrogen and oxygen atoms in total. The number of aromatic nitrogens is 1. The number of halogens is 1. The summed E-state index contributed by atoms with van der Waals surface area (Å²) >= 11 is 0. The monoisotopic (exact) mass is 1690 g/mol. The second-order valence-electron chi connectivity index (χ2n) is 35.3. The van der Waals surface area contributed by atoms with E-state index in [1.165, 1.54) is 31.1 Å². The normalized spacial score (nSPS) is 24.1. The van der Waals surface area contributed by atoms with Gasteiger partial charge in [0.05, 0.1) is 94.6 Å². The van der Waals surface area contributed by atoms with Crippen molar-refractivity contribution in [1.29, 1.82) is 0 Å². The summed E-state index contributed by atoms with van der Waals surface area (Å²) in [7, 11) is 13.7. The van der Waals surface area contributed by atoms with Crippen LogP contribution in [0.3, 0.4) is 0 Å². The van der Waals surface area contributed by atoms with Gasteiger partial charge in [0.2, 0.25) is 65.0 Å². The van der Waals surface area contributed by atoms with Crippen LogP contribution in [0, 0.1) is 11.7 Å². The number of hydrogen-bond donors (Lipinski definition) is 9. The number of quaternary nitrogens is 2. The maximum Gasteiger partial charge on any atom is 0.246 e. The zero-order valence-corrected chi connectivity index (χ0v) is 72.3. The van der Waals surface area contributed by atoms with Gasteiger partial charge in [-0.15, -0.1) is 0 Å². The van der Waals surface area contributed by atoms with Crippen molar-refractivity contribution in [2.75, 3.05) is 128 Å². The summed E-state index contributed by atoms with van der Waals surface area (Å²) in [6.45, 7) is 4.96. The minimum Gasteiger partial charge on any atom is -0.497 e. The van der Waals surface area contributed by atoms with Crippen molar-refractivity contribution in [2.24, 2.45) is 5.92 Å². The fraction of sp³-hybridized carbons (Fsp3) is 0.578. The van der Waals surface area contributed by atoms with E-state index in [0.717, 1.165) is 29.1 Å². The van der Waals surface area contributed by atoms with Gasteiger partial charge in [0.1, 0.15) is 72.3 Å². The number of fused-ring (bicyclic) bond motifs is 16. The number of nitrogens with zero attached hydrogens (tertiary/aromatic N) is 6. The van der Waals surface area contributed by atoms with Crippen molar-refractivity contribution >= 4 is 81.7 Å². The molecule has 10 atom stereocenters. The number of unbranched alkanes of at least 4 members (excludes halogenated alkanes) is 1. The van der Waals surface area contributed by atoms with Gasteiger partial charge in [-0.2, -0.15) is 0 Å². The Hall–Kier alpha value is -10.3. The van der Waals surface area contributed by atoms with Crippen molar-refractivity contribution in [3.05, 3.63) is 136 Å². The van der Waals surface area contributed by atoms with Crippen LogP contribution < -0.4 is 47.3 Å². The summed E-state index contributed by atoms with van der Waals surface area (Å²) in [6, 6.07) is 15.4. The highest BCUT2D eigenvalue weighted by Gasteiger charge is 2.50. The van der Waals surface area contributed by atoms with Gasteiger partial charge in [0.15, 0.2) is 0 Å². The zero-order valence-electron chi connectivity index (χ0n) is 72.3. The number of likely N-dealkylation sites (N-methyl/N-ethyl adjacent to an activating group) is 1. The predicted octanol–water partition coefficient (Wildman–Crippen LogP) is 3.37. The van der Waals surface area contributed by atoms with Crippen LogP contribution in [-0.4, -0.2) is 286 Å². The largest absolute Gasteiger partial charge is 0.497 e. The van der Waals surface area contributed by atoms with Crippen LogP contribution in [0.15, 0.2) is 97.2 Å². The number of aryl methyl sites for hydroxylation is 1. The smallest absolute Gasteiger partial charge is 0.246 e. The summed E-state index contributed by atoms with van der Waals surface area (Å²) in [5.74, 6) is -9.75. The standard InChI is InChI=1S/C90H125FN14O17/c1-59(106)80-85(114)97-72(49-61-25-29-69(119-9)30-26-61)88(117)103-40-17-36-90(103,2)89(118)92-37-33-60-21-23-62(24-22-60)56-101-39-14-11-10-13-38-100-57-66(70-53-67(91)27-31-75(70)100)52-73-87(116)102-41-34-76(81(102)86(115)99-80)122-58-78(109)93-54-64-19-16-18-63(48-64)50-71(83(112)96-73)95-84(113)74(55-94-77(108)35-44-120-46-47-121-45-43-105(6,7)8)98-82(111)65(20-12-15-42-104(3,4)5)51-68(107)28-32-79(101)110/h16,18-19,21-27,29-31,48,53,57,59,65,71-74,76,80-81,106H,10-15,17,20,28,32-47,49-52,54-56,58H2,1-9H3,(H6-2,92,93,94,95,96,97,98,99,108,109,111,112,113,114,115,118)/p+2/t59-,65-,71+,72+,73+,74-,76+,80+,81+,90+/m1/s1. The van der Waals surface area contributed by atoms with Gasteiger partial charge >= 0.3 is 0 Å². The molecule has 11 amide bonds. The molecule has 32 heteroatoms. The first-order valence-corrected chi connectivity index (χ1v) is 43.1. The number of nitrogens with one attached hydrogen (secondary N) is 8. The number of benzene rings is 4. The van der Waals surface area contributed by atoms with Crippen LogP contribution in [0.1, 0.15) is 137 Å². The second kappa shape index (κ2) is 44.2. The highest BCUT2D eigenvalue weighted by molar-refractivity contribution is 6.00. The Labute approximate surface area is 714 Å². The molecule has 7 heterocycles. The Kier molecular flexibility index (Phi) is 34.0. The molecule has 0 radical (unpaired) electrons. The average molecular weight is 1700 g/mol. The molecular formula is C90H127FN14O17+2. The fourth-order valence-corrected chi connectivity index (χ4v) is 16.4. The molecule has 2 fully saturated rings. The average Bonchev–Trinajstić information content (AvgIpc) is 1.61. The lowest BCUT2D eigenvalue weighted by atomic mass is 9.93. The van der Waals surface area contributed by atoms with Crippen molar-refractivity contribution in [1.82, 2.24) is 61.8 Å². The molecule has 0 saturated carbocycles. The van der Waals surface area contributed by atoms with Crippen LogP contribution in [0.2, 0.25) is 0 Å². The first-order valence-electron chi connectivity index (χ1n) is 43.1. The molecule has 12 bridgehead atoms. The molecule has 5 aromatic rings.